The highest BCUT2D eigenvalue weighted by Gasteiger charge is 2.30. The maximum absolute atomic E-state index is 12.4. The number of rotatable bonds is 13. The van der Waals surface area contributed by atoms with Gasteiger partial charge in [0.05, 0.1) is 18.2 Å². The summed E-state index contributed by atoms with van der Waals surface area (Å²) in [5.41, 5.74) is 9.01. The molecule has 2 aliphatic carbocycles. The number of aliphatic carboxylic acids is 1. The van der Waals surface area contributed by atoms with E-state index in [1.54, 1.807) is 28.0 Å². The lowest BCUT2D eigenvalue weighted by molar-refractivity contribution is -0.703. The molecule has 63 heavy (non-hydrogen) atoms. The van der Waals surface area contributed by atoms with Crippen LogP contribution in [-0.2, 0) is 37.0 Å². The van der Waals surface area contributed by atoms with Gasteiger partial charge in [0.25, 0.3) is 11.7 Å². The predicted octanol–water partition coefficient (Wildman–Crippen LogP) is 5.81. The molecule has 1 saturated carbocycles. The SMILES string of the molecule is CC1CC(C[n+]2ccccc2)CCC1N.CC1CN(Cc2ccccc2)CCC1NC(=O)COc1ccc(N2CCCC2=O)cc1.O=C(O)COC1=[C+]C=C(N2CCCC2=O)C=C1. The van der Waals surface area contributed by atoms with Crippen molar-refractivity contribution in [2.75, 3.05) is 44.3 Å². The molecule has 5 aliphatic rings. The molecule has 3 aliphatic heterocycles. The number of anilines is 1. The molecule has 3 saturated heterocycles. The second-order valence-corrected chi connectivity index (χ2v) is 17.2. The summed E-state index contributed by atoms with van der Waals surface area (Å²) in [6.45, 7) is 9.63. The summed E-state index contributed by atoms with van der Waals surface area (Å²) in [5.74, 6) is 2.04. The number of carbonyl (C=O) groups excluding carboxylic acids is 3. The lowest BCUT2D eigenvalue weighted by Crippen LogP contribution is -2.50. The molecule has 13 heteroatoms. The van der Waals surface area contributed by atoms with E-state index in [1.165, 1.54) is 24.8 Å². The Labute approximate surface area is 372 Å². The van der Waals surface area contributed by atoms with E-state index < -0.39 is 12.6 Å². The Bertz CT molecular complexity index is 2060. The van der Waals surface area contributed by atoms with Gasteiger partial charge in [-0.3, -0.25) is 24.2 Å². The highest BCUT2D eigenvalue weighted by molar-refractivity contribution is 5.95. The van der Waals surface area contributed by atoms with Crippen LogP contribution in [0.1, 0.15) is 70.8 Å². The van der Waals surface area contributed by atoms with Crippen molar-refractivity contribution in [3.63, 3.8) is 0 Å². The van der Waals surface area contributed by atoms with Crippen molar-refractivity contribution < 1.29 is 38.3 Å². The Balaban J connectivity index is 0.000000174. The van der Waals surface area contributed by atoms with Crippen LogP contribution in [0, 0.1) is 23.8 Å². The third-order valence-electron chi connectivity index (χ3n) is 12.3. The monoisotopic (exact) mass is 860 g/mol. The Morgan fingerprint density at radius 3 is 2.14 bits per heavy atom. The molecular weight excluding hydrogens is 797 g/mol. The zero-order valence-electron chi connectivity index (χ0n) is 36.8. The number of piperidine rings is 1. The van der Waals surface area contributed by atoms with Crippen molar-refractivity contribution in [3.05, 3.63) is 127 Å². The van der Waals surface area contributed by atoms with Gasteiger partial charge in [-0.15, -0.1) is 0 Å². The molecule has 5 atom stereocenters. The summed E-state index contributed by atoms with van der Waals surface area (Å²) in [6, 6.07) is 24.8. The first-order valence-electron chi connectivity index (χ1n) is 22.5. The summed E-state index contributed by atoms with van der Waals surface area (Å²) < 4.78 is 12.9. The molecule has 0 bridgehead atoms. The highest BCUT2D eigenvalue weighted by Crippen LogP contribution is 2.28. The normalized spacial score (nSPS) is 23.3. The quantitative estimate of drug-likeness (QED) is 0.143. The first-order chi connectivity index (χ1) is 30.5. The number of likely N-dealkylation sites (tertiary alicyclic amines) is 2. The number of allylic oxidation sites excluding steroid dienone is 4. The second-order valence-electron chi connectivity index (χ2n) is 17.2. The molecule has 13 nitrogen and oxygen atoms in total. The van der Waals surface area contributed by atoms with Crippen molar-refractivity contribution >= 4 is 29.4 Å². The number of hydrogen-bond donors (Lipinski definition) is 3. The predicted molar refractivity (Wildman–Crippen MR) is 241 cm³/mol. The summed E-state index contributed by atoms with van der Waals surface area (Å²) in [6.07, 6.45) is 19.8. The number of carboxylic acids is 1. The van der Waals surface area contributed by atoms with Crippen LogP contribution < -0.4 is 25.3 Å². The summed E-state index contributed by atoms with van der Waals surface area (Å²) >= 11 is 0. The molecule has 2 aromatic carbocycles. The van der Waals surface area contributed by atoms with Gasteiger partial charge < -0.3 is 30.5 Å². The number of aromatic nitrogens is 1. The van der Waals surface area contributed by atoms with Crippen molar-refractivity contribution in [3.8, 4) is 5.75 Å². The van der Waals surface area contributed by atoms with Crippen LogP contribution in [0.5, 0.6) is 5.75 Å². The summed E-state index contributed by atoms with van der Waals surface area (Å²) in [4.78, 5) is 52.0. The van der Waals surface area contributed by atoms with E-state index in [9.17, 15) is 19.2 Å². The standard InChI is InChI=1S/C25H31N3O3.C13H21N2.C12H11NO4/c1-19-16-27(17-20-6-3-2-4-7-20)15-13-23(19)26-24(29)18-31-22-11-9-21(10-12-22)28-14-5-8-25(28)30;1-11-9-12(5-6-13(11)14)10-15-7-3-2-4-8-15;14-11-2-1-7-13(11)9-3-5-10(6-4-9)17-8-12(15)16/h2-4,6-7,9-12,19,23H,5,8,13-18H2,1H3,(H,26,29);2-4,7-8,11-13H,5-6,9-10,14H2,1H3;3-5H,1-2,7-8H2/q;+1;/p+1. The first-order valence-corrected chi connectivity index (χ1v) is 22.5. The zero-order chi connectivity index (χ0) is 44.6. The third-order valence-corrected chi connectivity index (χ3v) is 12.3. The fraction of sp³-hybridized carbons (Fsp3) is 0.460. The molecule has 0 spiro atoms. The molecule has 4 heterocycles. The minimum Gasteiger partial charge on any atom is -0.484 e. The number of amides is 3. The Hall–Kier alpha value is -5.88. The van der Waals surface area contributed by atoms with Gasteiger partial charge in [-0.1, -0.05) is 50.2 Å². The smallest absolute Gasteiger partial charge is 0.341 e. The van der Waals surface area contributed by atoms with Crippen molar-refractivity contribution in [2.45, 2.75) is 90.4 Å². The molecule has 4 fully saturated rings. The zero-order valence-corrected chi connectivity index (χ0v) is 36.8. The number of nitrogens with one attached hydrogen (secondary N) is 1. The minimum absolute atomic E-state index is 0.00105. The van der Waals surface area contributed by atoms with Gasteiger partial charge in [0.15, 0.2) is 37.8 Å². The van der Waals surface area contributed by atoms with Gasteiger partial charge >= 0.3 is 5.97 Å². The molecule has 334 valence electrons. The summed E-state index contributed by atoms with van der Waals surface area (Å²) in [7, 11) is 0. The van der Waals surface area contributed by atoms with Crippen molar-refractivity contribution in [1.29, 1.82) is 0 Å². The average Bonchev–Trinajstić information content (AvgIpc) is 3.93. The molecule has 0 radical (unpaired) electrons. The van der Waals surface area contributed by atoms with Crippen LogP contribution >= 0.6 is 0 Å². The minimum atomic E-state index is -1.03. The molecule has 1 aromatic heterocycles. The fourth-order valence-electron chi connectivity index (χ4n) is 8.74. The van der Waals surface area contributed by atoms with Crippen molar-refractivity contribution in [1.82, 2.24) is 15.1 Å². The van der Waals surface area contributed by atoms with E-state index in [-0.39, 0.29) is 30.4 Å². The van der Waals surface area contributed by atoms with Crippen LogP contribution in [0.2, 0.25) is 0 Å². The largest absolute Gasteiger partial charge is 0.484 e. The van der Waals surface area contributed by atoms with E-state index in [0.717, 1.165) is 75.8 Å². The molecule has 5 unspecified atom stereocenters. The topological polar surface area (TPSA) is 159 Å². The molecule has 3 amide bonds. The van der Waals surface area contributed by atoms with Gasteiger partial charge in [-0.25, -0.2) is 9.36 Å². The van der Waals surface area contributed by atoms with E-state index in [2.05, 4.69) is 89.6 Å². The van der Waals surface area contributed by atoms with Gasteiger partial charge in [0.1, 0.15) is 11.8 Å². The number of nitrogens with zero attached hydrogens (tertiary/aromatic N) is 4. The van der Waals surface area contributed by atoms with Gasteiger partial charge in [0.2, 0.25) is 11.8 Å². The van der Waals surface area contributed by atoms with Crippen LogP contribution in [-0.4, -0.2) is 90.1 Å². The van der Waals surface area contributed by atoms with E-state index in [0.29, 0.717) is 42.2 Å². The van der Waals surface area contributed by atoms with Gasteiger partial charge in [-0.05, 0) is 80.2 Å². The molecule has 3 aromatic rings. The third kappa shape index (κ3) is 14.6. The number of carboxylic acid groups (broad SMARTS) is 1. The van der Waals surface area contributed by atoms with Crippen molar-refractivity contribution in [2.24, 2.45) is 23.5 Å². The Morgan fingerprint density at radius 2 is 1.52 bits per heavy atom. The highest BCUT2D eigenvalue weighted by atomic mass is 16.5. The van der Waals surface area contributed by atoms with Gasteiger partial charge in [-0.2, -0.15) is 0 Å². The first kappa shape index (κ1) is 46.6. The van der Waals surface area contributed by atoms with E-state index >= 15 is 0 Å². The second kappa shape index (κ2) is 23.5. The lowest BCUT2D eigenvalue weighted by atomic mass is 9.79. The number of pyridine rings is 1. The number of hydrogen-bond acceptors (Lipinski definition) is 8. The lowest BCUT2D eigenvalue weighted by Gasteiger charge is -2.37. The molecular formula is C50H64N6O7+2. The Morgan fingerprint density at radius 1 is 0.825 bits per heavy atom. The molecule has 4 N–H and O–H groups in total. The van der Waals surface area contributed by atoms with Gasteiger partial charge in [0, 0.05) is 81.4 Å². The number of carbonyl (C=O) groups is 4. The maximum atomic E-state index is 12.4. The van der Waals surface area contributed by atoms with E-state index in [4.69, 9.17) is 20.3 Å². The number of ether oxygens (including phenoxy) is 2. The average molecular weight is 861 g/mol. The van der Waals surface area contributed by atoms with Crippen LogP contribution in [0.25, 0.3) is 0 Å². The Kier molecular flexibility index (Phi) is 17.4. The maximum Gasteiger partial charge on any atom is 0.341 e. The van der Waals surface area contributed by atoms with Crippen LogP contribution in [0.15, 0.2) is 115 Å². The van der Waals surface area contributed by atoms with Crippen LogP contribution in [0.4, 0.5) is 5.69 Å². The fourth-order valence-corrected chi connectivity index (χ4v) is 8.74. The number of nitrogens with two attached hydrogens (primary N) is 1. The number of benzene rings is 2. The molecule has 8 rings (SSSR count). The summed E-state index contributed by atoms with van der Waals surface area (Å²) in [5, 5.41) is 11.6. The van der Waals surface area contributed by atoms with E-state index in [1.807, 2.05) is 30.3 Å². The van der Waals surface area contributed by atoms with Crippen LogP contribution in [0.3, 0.4) is 0 Å².